The lowest BCUT2D eigenvalue weighted by Crippen LogP contribution is -2.19. The van der Waals surface area contributed by atoms with Crippen LogP contribution in [-0.2, 0) is 4.74 Å². The second-order valence-corrected chi connectivity index (χ2v) is 3.29. The fraction of sp³-hybridized carbons (Fsp3) is 0.667. The summed E-state index contributed by atoms with van der Waals surface area (Å²) in [4.78, 5) is 0. The highest BCUT2D eigenvalue weighted by Gasteiger charge is 2.14. The first kappa shape index (κ1) is 13.2. The van der Waals surface area contributed by atoms with Crippen LogP contribution < -0.4 is 0 Å². The Kier molecular flexibility index (Phi) is 7.18. The molecule has 80 valence electrons. The van der Waals surface area contributed by atoms with E-state index in [1.807, 2.05) is 13.0 Å². The van der Waals surface area contributed by atoms with Gasteiger partial charge >= 0.3 is 0 Å². The molecule has 0 unspecified atom stereocenters. The molecule has 0 saturated heterocycles. The minimum Gasteiger partial charge on any atom is -0.392 e. The van der Waals surface area contributed by atoms with Crippen molar-refractivity contribution in [1.29, 1.82) is 0 Å². The smallest absolute Gasteiger partial charge is 0.124 e. The number of aliphatic hydroxyl groups is 1. The predicted molar refractivity (Wildman–Crippen MR) is 58.9 cm³/mol. The maximum absolute atomic E-state index is 8.92. The van der Waals surface area contributed by atoms with Gasteiger partial charge in [0, 0.05) is 13.0 Å². The summed E-state index contributed by atoms with van der Waals surface area (Å²) in [6.45, 7) is 5.91. The second-order valence-electron chi connectivity index (χ2n) is 3.29. The molecule has 0 aliphatic carbocycles. The number of rotatable bonds is 5. The van der Waals surface area contributed by atoms with E-state index in [1.165, 1.54) is 0 Å². The fourth-order valence-electron chi connectivity index (χ4n) is 1.32. The Labute approximate surface area is 87.0 Å². The minimum atomic E-state index is -0.0634. The lowest BCUT2D eigenvalue weighted by atomic mass is 9.97. The Hall–Kier alpha value is -0.780. The molecular weight excluding hydrogens is 176 g/mol. The van der Waals surface area contributed by atoms with Crippen molar-refractivity contribution < 1.29 is 9.84 Å². The summed E-state index contributed by atoms with van der Waals surface area (Å²) in [5.74, 6) is 6.14. The van der Waals surface area contributed by atoms with Crippen LogP contribution in [0.2, 0.25) is 0 Å². The Bertz CT molecular complexity index is 232. The third-order valence-corrected chi connectivity index (χ3v) is 2.15. The molecule has 0 fully saturated rings. The van der Waals surface area contributed by atoms with Gasteiger partial charge in [0.15, 0.2) is 0 Å². The van der Waals surface area contributed by atoms with Crippen molar-refractivity contribution in [2.75, 3.05) is 13.7 Å². The first-order valence-electron chi connectivity index (χ1n) is 4.92. The first-order valence-corrected chi connectivity index (χ1v) is 4.92. The zero-order valence-electron chi connectivity index (χ0n) is 9.50. The molecule has 0 aromatic heterocycles. The van der Waals surface area contributed by atoms with Crippen molar-refractivity contribution in [2.24, 2.45) is 5.92 Å². The zero-order chi connectivity index (χ0) is 11.0. The van der Waals surface area contributed by atoms with Crippen molar-refractivity contribution in [3.05, 3.63) is 11.6 Å². The third kappa shape index (κ3) is 4.45. The monoisotopic (exact) mass is 196 g/mol. The summed E-state index contributed by atoms with van der Waals surface area (Å²) in [6.07, 6.45) is 2.94. The second kappa shape index (κ2) is 7.61. The van der Waals surface area contributed by atoms with Crippen LogP contribution in [0.1, 0.15) is 27.2 Å². The largest absolute Gasteiger partial charge is 0.392 e. The van der Waals surface area contributed by atoms with Gasteiger partial charge in [0.2, 0.25) is 0 Å². The summed E-state index contributed by atoms with van der Waals surface area (Å²) < 4.78 is 5.29. The molecule has 0 spiro atoms. The topological polar surface area (TPSA) is 29.5 Å². The molecule has 0 aromatic carbocycles. The number of methoxy groups -OCH3 is 1. The van der Waals surface area contributed by atoms with Crippen LogP contribution in [0.5, 0.6) is 0 Å². The average molecular weight is 196 g/mol. The molecular formula is C12H20O2. The maximum Gasteiger partial charge on any atom is 0.124 e. The molecule has 2 nitrogen and oxygen atoms in total. The van der Waals surface area contributed by atoms with Gasteiger partial charge in [0.05, 0.1) is 6.61 Å². The Morgan fingerprint density at radius 1 is 1.57 bits per heavy atom. The molecule has 14 heavy (non-hydrogen) atoms. The Balaban J connectivity index is 4.57. The van der Waals surface area contributed by atoms with Crippen LogP contribution in [-0.4, -0.2) is 24.9 Å². The van der Waals surface area contributed by atoms with Gasteiger partial charge < -0.3 is 9.84 Å². The van der Waals surface area contributed by atoms with E-state index in [9.17, 15) is 0 Å². The van der Waals surface area contributed by atoms with Gasteiger partial charge in [0.25, 0.3) is 0 Å². The number of ether oxygens (including phenoxy) is 1. The standard InChI is InChI=1S/C12H20O2/c1-5-7-12(14-4)11(6-2)8-10(3)9-13/h8,11-13H,6,9H2,1-4H3/b10-8-/t11-,12-/m1/s1. The normalized spacial score (nSPS) is 15.6. The molecule has 0 bridgehead atoms. The Morgan fingerprint density at radius 3 is 2.57 bits per heavy atom. The molecule has 0 aromatic rings. The highest BCUT2D eigenvalue weighted by molar-refractivity contribution is 5.11. The van der Waals surface area contributed by atoms with Crippen molar-refractivity contribution in [1.82, 2.24) is 0 Å². The van der Waals surface area contributed by atoms with Gasteiger partial charge in [-0.1, -0.05) is 24.5 Å². The van der Waals surface area contributed by atoms with E-state index in [0.29, 0.717) is 0 Å². The zero-order valence-corrected chi connectivity index (χ0v) is 9.50. The van der Waals surface area contributed by atoms with Crippen molar-refractivity contribution in [3.8, 4) is 11.8 Å². The van der Waals surface area contributed by atoms with Gasteiger partial charge in [-0.2, -0.15) is 0 Å². The minimum absolute atomic E-state index is 0.0634. The summed E-state index contributed by atoms with van der Waals surface area (Å²) in [5, 5.41) is 8.92. The molecule has 0 saturated carbocycles. The summed E-state index contributed by atoms with van der Waals surface area (Å²) in [6, 6.07) is 0. The summed E-state index contributed by atoms with van der Waals surface area (Å²) in [5.41, 5.74) is 0.969. The highest BCUT2D eigenvalue weighted by atomic mass is 16.5. The van der Waals surface area contributed by atoms with Crippen LogP contribution >= 0.6 is 0 Å². The van der Waals surface area contributed by atoms with Gasteiger partial charge in [0.1, 0.15) is 6.10 Å². The van der Waals surface area contributed by atoms with Gasteiger partial charge in [-0.05, 0) is 20.3 Å². The SMILES string of the molecule is CC#C[C@@H](OC)[C@@H](/C=C(/C)CO)CC. The van der Waals surface area contributed by atoms with E-state index in [1.54, 1.807) is 14.0 Å². The van der Waals surface area contributed by atoms with Gasteiger partial charge in [-0.15, -0.1) is 5.92 Å². The van der Waals surface area contributed by atoms with Crippen LogP contribution in [0, 0.1) is 17.8 Å². The van der Waals surface area contributed by atoms with E-state index < -0.39 is 0 Å². The molecule has 0 heterocycles. The molecule has 0 radical (unpaired) electrons. The summed E-state index contributed by atoms with van der Waals surface area (Å²) in [7, 11) is 1.67. The molecule has 0 rings (SSSR count). The lowest BCUT2D eigenvalue weighted by molar-refractivity contribution is 0.112. The van der Waals surface area contributed by atoms with Crippen molar-refractivity contribution in [3.63, 3.8) is 0 Å². The number of hydrogen-bond donors (Lipinski definition) is 1. The van der Waals surface area contributed by atoms with E-state index >= 15 is 0 Å². The lowest BCUT2D eigenvalue weighted by Gasteiger charge is -2.17. The van der Waals surface area contributed by atoms with E-state index in [0.717, 1.165) is 12.0 Å². The summed E-state index contributed by atoms with van der Waals surface area (Å²) >= 11 is 0. The first-order chi connectivity index (χ1) is 6.69. The van der Waals surface area contributed by atoms with Crippen LogP contribution in [0.15, 0.2) is 11.6 Å². The number of hydrogen-bond acceptors (Lipinski definition) is 2. The third-order valence-electron chi connectivity index (χ3n) is 2.15. The quantitative estimate of drug-likeness (QED) is 0.538. The maximum atomic E-state index is 8.92. The molecule has 0 aliphatic heterocycles. The van der Waals surface area contributed by atoms with Crippen molar-refractivity contribution in [2.45, 2.75) is 33.3 Å². The van der Waals surface area contributed by atoms with E-state index in [2.05, 4.69) is 18.8 Å². The average Bonchev–Trinajstić information content (AvgIpc) is 2.22. The van der Waals surface area contributed by atoms with Crippen LogP contribution in [0.25, 0.3) is 0 Å². The van der Waals surface area contributed by atoms with Crippen molar-refractivity contribution >= 4 is 0 Å². The molecule has 2 heteroatoms. The van der Waals surface area contributed by atoms with Crippen LogP contribution in [0.4, 0.5) is 0 Å². The highest BCUT2D eigenvalue weighted by Crippen LogP contribution is 2.15. The molecule has 0 aliphatic rings. The van der Waals surface area contributed by atoms with Gasteiger partial charge in [-0.25, -0.2) is 0 Å². The molecule has 2 atom stereocenters. The van der Waals surface area contributed by atoms with E-state index in [4.69, 9.17) is 9.84 Å². The van der Waals surface area contributed by atoms with Crippen LogP contribution in [0.3, 0.4) is 0 Å². The molecule has 1 N–H and O–H groups in total. The fourth-order valence-corrected chi connectivity index (χ4v) is 1.32. The molecule has 0 amide bonds. The predicted octanol–water partition coefficient (Wildman–Crippen LogP) is 1.99. The van der Waals surface area contributed by atoms with Gasteiger partial charge in [-0.3, -0.25) is 0 Å². The Morgan fingerprint density at radius 2 is 2.21 bits per heavy atom. The number of aliphatic hydroxyl groups excluding tert-OH is 1. The van der Waals surface area contributed by atoms with E-state index in [-0.39, 0.29) is 18.6 Å².